The predicted octanol–water partition coefficient (Wildman–Crippen LogP) is 5.22. The second-order valence-corrected chi connectivity index (χ2v) is 6.12. The lowest BCUT2D eigenvalue weighted by molar-refractivity contribution is 0.416. The molecule has 0 unspecified atom stereocenters. The fourth-order valence-electron chi connectivity index (χ4n) is 2.83. The van der Waals surface area contributed by atoms with Crippen molar-refractivity contribution in [3.63, 3.8) is 0 Å². The molecular weight excluding hydrogens is 338 g/mol. The maximum atomic E-state index is 5.55. The largest absolute Gasteiger partial charge is 0.496 e. The van der Waals surface area contributed by atoms with Gasteiger partial charge < -0.3 is 14.1 Å². The number of H-pyrrole nitrogens is 1. The second-order valence-electron chi connectivity index (χ2n) is 6.12. The van der Waals surface area contributed by atoms with Crippen molar-refractivity contribution in [3.05, 3.63) is 78.1 Å². The smallest absolute Gasteiger partial charge is 0.219 e. The van der Waals surface area contributed by atoms with Gasteiger partial charge in [-0.1, -0.05) is 36.4 Å². The summed E-state index contributed by atoms with van der Waals surface area (Å²) in [6.45, 7) is 1.95. The Balaban J connectivity index is 1.57. The van der Waals surface area contributed by atoms with Gasteiger partial charge in [0.2, 0.25) is 5.89 Å². The first-order valence-corrected chi connectivity index (χ1v) is 8.62. The van der Waals surface area contributed by atoms with E-state index >= 15 is 0 Å². The summed E-state index contributed by atoms with van der Waals surface area (Å²) < 4.78 is 11.1. The molecule has 0 aliphatic heterocycles. The van der Waals surface area contributed by atoms with Crippen LogP contribution >= 0.6 is 0 Å². The predicted molar refractivity (Wildman–Crippen MR) is 106 cm³/mol. The number of hydrogen-bond acceptors (Lipinski definition) is 4. The Bertz CT molecular complexity index is 1080. The Labute approximate surface area is 157 Å². The summed E-state index contributed by atoms with van der Waals surface area (Å²) in [6, 6.07) is 15.9. The minimum atomic E-state index is 0.554. The van der Waals surface area contributed by atoms with Crippen molar-refractivity contribution in [2.45, 2.75) is 6.92 Å². The highest BCUT2D eigenvalue weighted by Gasteiger charge is 2.09. The highest BCUT2D eigenvalue weighted by Crippen LogP contribution is 2.29. The van der Waals surface area contributed by atoms with Gasteiger partial charge in [0.05, 0.1) is 18.4 Å². The molecule has 0 saturated carbocycles. The van der Waals surface area contributed by atoms with Gasteiger partial charge in [-0.3, -0.25) is 0 Å². The van der Waals surface area contributed by atoms with Crippen molar-refractivity contribution in [2.24, 2.45) is 0 Å². The molecule has 0 amide bonds. The number of rotatable bonds is 5. The van der Waals surface area contributed by atoms with Gasteiger partial charge in [-0.2, -0.15) is 0 Å². The normalized spacial score (nSPS) is 11.2. The van der Waals surface area contributed by atoms with E-state index in [2.05, 4.69) is 15.0 Å². The van der Waals surface area contributed by atoms with Crippen LogP contribution in [0.5, 0.6) is 5.75 Å². The molecule has 5 nitrogen and oxygen atoms in total. The van der Waals surface area contributed by atoms with Crippen molar-refractivity contribution >= 4 is 12.2 Å². The van der Waals surface area contributed by atoms with Crippen molar-refractivity contribution in [3.8, 4) is 28.4 Å². The van der Waals surface area contributed by atoms with E-state index in [0.717, 1.165) is 39.7 Å². The van der Waals surface area contributed by atoms with Crippen molar-refractivity contribution in [1.29, 1.82) is 0 Å². The zero-order valence-corrected chi connectivity index (χ0v) is 15.1. The summed E-state index contributed by atoms with van der Waals surface area (Å²) in [5.74, 6) is 2.10. The summed E-state index contributed by atoms with van der Waals surface area (Å²) in [5.41, 5.74) is 4.69. The molecule has 2 heterocycles. The molecule has 134 valence electrons. The third-order valence-corrected chi connectivity index (χ3v) is 4.20. The summed E-state index contributed by atoms with van der Waals surface area (Å²) >= 11 is 0. The Kier molecular flexibility index (Phi) is 4.58. The molecule has 0 spiro atoms. The standard InChI is InChI=1S/C22H19N3O2/c1-15-13-23-22(24-15)18-10-8-16(12-20(18)26-2)9-11-21-25-19(14-27-21)17-6-4-3-5-7-17/h3-14H,1-2H3,(H,23,24). The minimum Gasteiger partial charge on any atom is -0.496 e. The van der Waals surface area contributed by atoms with Gasteiger partial charge in [0, 0.05) is 17.8 Å². The molecule has 0 atom stereocenters. The van der Waals surface area contributed by atoms with Crippen LogP contribution < -0.4 is 4.74 Å². The number of nitrogens with zero attached hydrogens (tertiary/aromatic N) is 2. The number of oxazole rings is 1. The van der Waals surface area contributed by atoms with Crippen LogP contribution in [0.25, 0.3) is 34.8 Å². The highest BCUT2D eigenvalue weighted by molar-refractivity contribution is 5.73. The maximum absolute atomic E-state index is 5.55. The first kappa shape index (κ1) is 16.8. The number of aryl methyl sites for hydroxylation is 1. The topological polar surface area (TPSA) is 63.9 Å². The van der Waals surface area contributed by atoms with E-state index in [-0.39, 0.29) is 0 Å². The van der Waals surface area contributed by atoms with E-state index in [4.69, 9.17) is 9.15 Å². The lowest BCUT2D eigenvalue weighted by Gasteiger charge is -2.07. The second kappa shape index (κ2) is 7.33. The third-order valence-electron chi connectivity index (χ3n) is 4.20. The van der Waals surface area contributed by atoms with Crippen LogP contribution in [0, 0.1) is 6.92 Å². The first-order valence-electron chi connectivity index (χ1n) is 8.62. The lowest BCUT2D eigenvalue weighted by atomic mass is 10.1. The van der Waals surface area contributed by atoms with Crippen LogP contribution in [0.3, 0.4) is 0 Å². The number of aromatic nitrogens is 3. The molecule has 27 heavy (non-hydrogen) atoms. The van der Waals surface area contributed by atoms with E-state index in [9.17, 15) is 0 Å². The Morgan fingerprint density at radius 3 is 2.63 bits per heavy atom. The van der Waals surface area contributed by atoms with Gasteiger partial charge in [-0.25, -0.2) is 9.97 Å². The lowest BCUT2D eigenvalue weighted by Crippen LogP contribution is -1.90. The van der Waals surface area contributed by atoms with E-state index < -0.39 is 0 Å². The zero-order chi connectivity index (χ0) is 18.6. The van der Waals surface area contributed by atoms with E-state index in [1.807, 2.05) is 73.8 Å². The summed E-state index contributed by atoms with van der Waals surface area (Å²) in [6.07, 6.45) is 7.33. The molecule has 0 aliphatic rings. The fraction of sp³-hybridized carbons (Fsp3) is 0.0909. The number of benzene rings is 2. The molecule has 1 N–H and O–H groups in total. The van der Waals surface area contributed by atoms with E-state index in [1.165, 1.54) is 0 Å². The fourth-order valence-corrected chi connectivity index (χ4v) is 2.83. The molecule has 2 aromatic heterocycles. The summed E-state index contributed by atoms with van der Waals surface area (Å²) in [5, 5.41) is 0. The molecule has 2 aromatic carbocycles. The average Bonchev–Trinajstić information content (AvgIpc) is 3.36. The first-order chi connectivity index (χ1) is 13.2. The molecule has 0 fully saturated rings. The van der Waals surface area contributed by atoms with Crippen LogP contribution in [-0.2, 0) is 0 Å². The monoisotopic (exact) mass is 357 g/mol. The number of methoxy groups -OCH3 is 1. The van der Waals surface area contributed by atoms with Crippen LogP contribution in [0.4, 0.5) is 0 Å². The van der Waals surface area contributed by atoms with Gasteiger partial charge >= 0.3 is 0 Å². The summed E-state index contributed by atoms with van der Waals surface area (Å²) in [4.78, 5) is 12.1. The molecule has 0 saturated heterocycles. The molecule has 5 heteroatoms. The minimum absolute atomic E-state index is 0.554. The highest BCUT2D eigenvalue weighted by atomic mass is 16.5. The van der Waals surface area contributed by atoms with Crippen LogP contribution in [0.1, 0.15) is 17.1 Å². The molecule has 0 aliphatic carbocycles. The molecule has 0 radical (unpaired) electrons. The van der Waals surface area contributed by atoms with Crippen molar-refractivity contribution < 1.29 is 9.15 Å². The average molecular weight is 357 g/mol. The van der Waals surface area contributed by atoms with Crippen LogP contribution in [0.15, 0.2) is 65.4 Å². The number of aromatic amines is 1. The van der Waals surface area contributed by atoms with Crippen LogP contribution in [-0.4, -0.2) is 22.1 Å². The maximum Gasteiger partial charge on any atom is 0.219 e. The Morgan fingerprint density at radius 2 is 1.89 bits per heavy atom. The zero-order valence-electron chi connectivity index (χ0n) is 15.1. The quantitative estimate of drug-likeness (QED) is 0.532. The number of imidazole rings is 1. The molecular formula is C22H19N3O2. The van der Waals surface area contributed by atoms with Gasteiger partial charge in [-0.05, 0) is 30.7 Å². The Hall–Kier alpha value is -3.60. The number of ether oxygens (including phenoxy) is 1. The van der Waals surface area contributed by atoms with Crippen LogP contribution in [0.2, 0.25) is 0 Å². The SMILES string of the molecule is COc1cc(C=Cc2nc(-c3ccccc3)co2)ccc1-c1nc(C)c[nH]1. The third kappa shape index (κ3) is 3.67. The van der Waals surface area contributed by atoms with Gasteiger partial charge in [0.15, 0.2) is 0 Å². The van der Waals surface area contributed by atoms with Gasteiger partial charge in [-0.15, -0.1) is 0 Å². The number of nitrogens with one attached hydrogen (secondary N) is 1. The molecule has 4 aromatic rings. The summed E-state index contributed by atoms with van der Waals surface area (Å²) in [7, 11) is 1.66. The van der Waals surface area contributed by atoms with Gasteiger partial charge in [0.25, 0.3) is 0 Å². The van der Waals surface area contributed by atoms with Crippen molar-refractivity contribution in [1.82, 2.24) is 15.0 Å². The van der Waals surface area contributed by atoms with Gasteiger partial charge in [0.1, 0.15) is 23.5 Å². The molecule has 0 bridgehead atoms. The van der Waals surface area contributed by atoms with E-state index in [0.29, 0.717) is 5.89 Å². The molecule has 4 rings (SSSR count). The Morgan fingerprint density at radius 1 is 1.04 bits per heavy atom. The van der Waals surface area contributed by atoms with Crippen molar-refractivity contribution in [2.75, 3.05) is 7.11 Å². The number of hydrogen-bond donors (Lipinski definition) is 1. The van der Waals surface area contributed by atoms with E-state index in [1.54, 1.807) is 13.4 Å².